The molecular weight excluding hydrogens is 326 g/mol. The number of hydrogen-bond acceptors (Lipinski definition) is 5. The molecule has 0 aliphatic rings. The summed E-state index contributed by atoms with van der Waals surface area (Å²) in [6, 6.07) is 10.5. The Labute approximate surface area is 144 Å². The Bertz CT molecular complexity index is 724. The lowest BCUT2D eigenvalue weighted by Gasteiger charge is -2.13. The number of carbonyl (C=O) groups is 3. The number of thiophene rings is 1. The number of Topliss-reactive ketones (excluding diaryl/α,β-unsaturated/α-hetero) is 1. The number of amides is 1. The molecule has 6 heteroatoms. The highest BCUT2D eigenvalue weighted by Gasteiger charge is 2.18. The highest BCUT2D eigenvalue weighted by atomic mass is 32.1. The normalized spacial score (nSPS) is 11.6. The van der Waals surface area contributed by atoms with E-state index >= 15 is 0 Å². The van der Waals surface area contributed by atoms with Crippen molar-refractivity contribution in [1.82, 2.24) is 0 Å². The van der Waals surface area contributed by atoms with Crippen molar-refractivity contribution < 1.29 is 19.1 Å². The minimum Gasteiger partial charge on any atom is -0.453 e. The lowest BCUT2D eigenvalue weighted by atomic mass is 10.1. The van der Waals surface area contributed by atoms with Crippen molar-refractivity contribution >= 4 is 34.7 Å². The van der Waals surface area contributed by atoms with Gasteiger partial charge in [0.25, 0.3) is 5.91 Å². The van der Waals surface area contributed by atoms with Gasteiger partial charge in [-0.25, -0.2) is 0 Å². The predicted octanol–water partition coefficient (Wildman–Crippen LogP) is 3.45. The van der Waals surface area contributed by atoms with E-state index in [1.807, 2.05) is 17.5 Å². The van der Waals surface area contributed by atoms with E-state index in [1.165, 1.54) is 13.8 Å². The number of carbonyl (C=O) groups excluding carboxylic acids is 3. The molecule has 0 saturated heterocycles. The van der Waals surface area contributed by atoms with Gasteiger partial charge in [0.2, 0.25) is 0 Å². The van der Waals surface area contributed by atoms with Crippen LogP contribution in [0, 0.1) is 0 Å². The summed E-state index contributed by atoms with van der Waals surface area (Å²) < 4.78 is 5.15. The molecule has 0 fully saturated rings. The Balaban J connectivity index is 1.84. The molecule has 24 heavy (non-hydrogen) atoms. The highest BCUT2D eigenvalue weighted by molar-refractivity contribution is 7.09. The van der Waals surface area contributed by atoms with E-state index in [0.29, 0.717) is 17.7 Å². The van der Waals surface area contributed by atoms with Gasteiger partial charge in [0, 0.05) is 16.1 Å². The Kier molecular flexibility index (Phi) is 6.26. The van der Waals surface area contributed by atoms with Crippen LogP contribution < -0.4 is 5.32 Å². The van der Waals surface area contributed by atoms with Gasteiger partial charge in [-0.1, -0.05) is 18.2 Å². The fourth-order valence-corrected chi connectivity index (χ4v) is 2.76. The average Bonchev–Trinajstić information content (AvgIpc) is 3.06. The standard InChI is InChI=1S/C18H19NO4S/c1-12(20)14-5-3-6-15(11-14)19-18(22)13(2)23-17(21)9-8-16-7-4-10-24-16/h3-7,10-11,13H,8-9H2,1-2H3,(H,19,22)/t13-/m1/s1. The quantitative estimate of drug-likeness (QED) is 0.616. The fraction of sp³-hybridized carbons (Fsp3) is 0.278. The summed E-state index contributed by atoms with van der Waals surface area (Å²) in [5.74, 6) is -0.928. The van der Waals surface area contributed by atoms with Gasteiger partial charge in [-0.05, 0) is 43.8 Å². The van der Waals surface area contributed by atoms with Gasteiger partial charge in [-0.15, -0.1) is 11.3 Å². The van der Waals surface area contributed by atoms with Crippen LogP contribution in [0.25, 0.3) is 0 Å². The molecule has 1 amide bonds. The zero-order chi connectivity index (χ0) is 17.5. The topological polar surface area (TPSA) is 72.5 Å². The Hall–Kier alpha value is -2.47. The van der Waals surface area contributed by atoms with E-state index in [-0.39, 0.29) is 12.2 Å². The van der Waals surface area contributed by atoms with E-state index in [4.69, 9.17) is 4.74 Å². The minimum atomic E-state index is -0.901. The number of benzene rings is 1. The first-order valence-electron chi connectivity index (χ1n) is 7.59. The second kappa shape index (κ2) is 8.40. The smallest absolute Gasteiger partial charge is 0.306 e. The molecule has 0 radical (unpaired) electrons. The van der Waals surface area contributed by atoms with Crippen LogP contribution in [0.3, 0.4) is 0 Å². The van der Waals surface area contributed by atoms with Gasteiger partial charge in [0.05, 0.1) is 6.42 Å². The summed E-state index contributed by atoms with van der Waals surface area (Å²) in [7, 11) is 0. The number of nitrogens with one attached hydrogen (secondary N) is 1. The van der Waals surface area contributed by atoms with Crippen LogP contribution in [0.2, 0.25) is 0 Å². The van der Waals surface area contributed by atoms with Crippen LogP contribution in [0.15, 0.2) is 41.8 Å². The third-order valence-corrected chi connectivity index (χ3v) is 4.31. The maximum atomic E-state index is 12.1. The van der Waals surface area contributed by atoms with Gasteiger partial charge in [-0.2, -0.15) is 0 Å². The molecule has 2 aromatic rings. The molecule has 1 atom stereocenters. The summed E-state index contributed by atoms with van der Waals surface area (Å²) in [5, 5.41) is 4.60. The van der Waals surface area contributed by atoms with Crippen molar-refractivity contribution in [3.63, 3.8) is 0 Å². The summed E-state index contributed by atoms with van der Waals surface area (Å²) in [4.78, 5) is 36.4. The molecule has 1 aromatic carbocycles. The molecule has 1 aromatic heterocycles. The summed E-state index contributed by atoms with van der Waals surface area (Å²) in [6.45, 7) is 2.98. The van der Waals surface area contributed by atoms with Crippen molar-refractivity contribution in [3.8, 4) is 0 Å². The van der Waals surface area contributed by atoms with Gasteiger partial charge < -0.3 is 10.1 Å². The molecular formula is C18H19NO4S. The lowest BCUT2D eigenvalue weighted by Crippen LogP contribution is -2.30. The molecule has 0 spiro atoms. The van der Waals surface area contributed by atoms with Gasteiger partial charge in [0.15, 0.2) is 11.9 Å². The summed E-state index contributed by atoms with van der Waals surface area (Å²) in [6.07, 6.45) is -0.0643. The van der Waals surface area contributed by atoms with Crippen LogP contribution in [0.1, 0.15) is 35.5 Å². The molecule has 0 unspecified atom stereocenters. The monoisotopic (exact) mass is 345 g/mol. The minimum absolute atomic E-state index is 0.0841. The van der Waals surface area contributed by atoms with Gasteiger partial charge >= 0.3 is 5.97 Å². The lowest BCUT2D eigenvalue weighted by molar-refractivity contribution is -0.153. The second-order valence-electron chi connectivity index (χ2n) is 5.34. The second-order valence-corrected chi connectivity index (χ2v) is 6.37. The molecule has 126 valence electrons. The first-order chi connectivity index (χ1) is 11.5. The largest absolute Gasteiger partial charge is 0.453 e. The van der Waals surface area contributed by atoms with E-state index in [9.17, 15) is 14.4 Å². The van der Waals surface area contributed by atoms with Crippen LogP contribution in [-0.2, 0) is 20.7 Å². The third-order valence-electron chi connectivity index (χ3n) is 3.37. The van der Waals surface area contributed by atoms with E-state index in [2.05, 4.69) is 5.32 Å². The molecule has 0 aliphatic heterocycles. The maximum Gasteiger partial charge on any atom is 0.306 e. The molecule has 0 saturated carbocycles. The van der Waals surface area contributed by atoms with E-state index in [1.54, 1.807) is 35.6 Å². The number of rotatable bonds is 7. The Morgan fingerprint density at radius 2 is 2.00 bits per heavy atom. The zero-order valence-electron chi connectivity index (χ0n) is 13.6. The van der Waals surface area contributed by atoms with Gasteiger partial charge in [0.1, 0.15) is 0 Å². The van der Waals surface area contributed by atoms with Crippen molar-refractivity contribution in [2.24, 2.45) is 0 Å². The van der Waals surface area contributed by atoms with Gasteiger partial charge in [-0.3, -0.25) is 14.4 Å². The van der Waals surface area contributed by atoms with E-state index in [0.717, 1.165) is 4.88 Å². The number of ether oxygens (including phenoxy) is 1. The molecule has 0 aliphatic carbocycles. The molecule has 2 rings (SSSR count). The Morgan fingerprint density at radius 3 is 2.67 bits per heavy atom. The molecule has 0 bridgehead atoms. The highest BCUT2D eigenvalue weighted by Crippen LogP contribution is 2.13. The average molecular weight is 345 g/mol. The van der Waals surface area contributed by atoms with Crippen LogP contribution in [-0.4, -0.2) is 23.8 Å². The number of hydrogen-bond donors (Lipinski definition) is 1. The first-order valence-corrected chi connectivity index (χ1v) is 8.47. The van der Waals surface area contributed by atoms with Crippen LogP contribution >= 0.6 is 11.3 Å². The number of ketones is 1. The fourth-order valence-electron chi connectivity index (χ4n) is 2.05. The number of aryl methyl sites for hydroxylation is 1. The maximum absolute atomic E-state index is 12.1. The summed E-state index contributed by atoms with van der Waals surface area (Å²) in [5.41, 5.74) is 1.00. The van der Waals surface area contributed by atoms with Crippen LogP contribution in [0.4, 0.5) is 5.69 Å². The van der Waals surface area contributed by atoms with Crippen molar-refractivity contribution in [2.75, 3.05) is 5.32 Å². The van der Waals surface area contributed by atoms with Crippen molar-refractivity contribution in [2.45, 2.75) is 32.8 Å². The number of esters is 1. The SMILES string of the molecule is CC(=O)c1cccc(NC(=O)[C@@H](C)OC(=O)CCc2cccs2)c1. The molecule has 5 nitrogen and oxygen atoms in total. The van der Waals surface area contributed by atoms with Crippen LogP contribution in [0.5, 0.6) is 0 Å². The molecule has 1 heterocycles. The first kappa shape index (κ1) is 17.9. The molecule has 1 N–H and O–H groups in total. The van der Waals surface area contributed by atoms with Crippen molar-refractivity contribution in [1.29, 1.82) is 0 Å². The summed E-state index contributed by atoms with van der Waals surface area (Å²) >= 11 is 1.58. The number of anilines is 1. The Morgan fingerprint density at radius 1 is 1.21 bits per heavy atom. The third kappa shape index (κ3) is 5.31. The van der Waals surface area contributed by atoms with E-state index < -0.39 is 18.0 Å². The van der Waals surface area contributed by atoms with Crippen molar-refractivity contribution in [3.05, 3.63) is 52.2 Å². The predicted molar refractivity (Wildman–Crippen MR) is 93.3 cm³/mol. The zero-order valence-corrected chi connectivity index (χ0v) is 14.4.